The SMILES string of the molecule is O=C(O)c1ccccc1COCc1cccc2c1C1CC1c1cc3ccccc3cc1-2. The monoisotopic (exact) mass is 406 g/mol. The summed E-state index contributed by atoms with van der Waals surface area (Å²) in [5.74, 6) is 0.247. The van der Waals surface area contributed by atoms with Gasteiger partial charge in [0, 0.05) is 0 Å². The molecule has 4 aromatic carbocycles. The van der Waals surface area contributed by atoms with Crippen molar-refractivity contribution in [1.29, 1.82) is 0 Å². The van der Waals surface area contributed by atoms with Crippen molar-refractivity contribution >= 4 is 16.7 Å². The quantitative estimate of drug-likeness (QED) is 0.411. The van der Waals surface area contributed by atoms with E-state index in [2.05, 4.69) is 54.6 Å². The van der Waals surface area contributed by atoms with Crippen molar-refractivity contribution in [2.45, 2.75) is 31.5 Å². The Bertz CT molecular complexity index is 1340. The van der Waals surface area contributed by atoms with Crippen LogP contribution in [0.3, 0.4) is 0 Å². The van der Waals surface area contributed by atoms with Gasteiger partial charge in [-0.2, -0.15) is 0 Å². The van der Waals surface area contributed by atoms with E-state index < -0.39 is 5.97 Å². The molecular weight excluding hydrogens is 384 g/mol. The van der Waals surface area contributed by atoms with Crippen LogP contribution in [0.5, 0.6) is 0 Å². The Morgan fingerprint density at radius 1 is 0.806 bits per heavy atom. The van der Waals surface area contributed by atoms with Crippen molar-refractivity contribution in [2.75, 3.05) is 0 Å². The fourth-order valence-corrected chi connectivity index (χ4v) is 5.19. The highest BCUT2D eigenvalue weighted by Crippen LogP contribution is 2.63. The highest BCUT2D eigenvalue weighted by molar-refractivity contribution is 5.92. The van der Waals surface area contributed by atoms with Crippen molar-refractivity contribution < 1.29 is 14.6 Å². The zero-order valence-electron chi connectivity index (χ0n) is 17.0. The van der Waals surface area contributed by atoms with Crippen molar-refractivity contribution in [3.05, 3.63) is 107 Å². The molecule has 2 aliphatic rings. The van der Waals surface area contributed by atoms with Crippen LogP contribution in [0.25, 0.3) is 21.9 Å². The molecule has 0 saturated heterocycles. The highest BCUT2D eigenvalue weighted by atomic mass is 16.5. The summed E-state index contributed by atoms with van der Waals surface area (Å²) in [4.78, 5) is 11.4. The Balaban J connectivity index is 1.33. The average molecular weight is 406 g/mol. The fourth-order valence-electron chi connectivity index (χ4n) is 5.19. The molecule has 0 radical (unpaired) electrons. The maximum atomic E-state index is 11.4. The molecule has 0 amide bonds. The Morgan fingerprint density at radius 2 is 1.52 bits per heavy atom. The number of hydrogen-bond donors (Lipinski definition) is 1. The molecule has 1 saturated carbocycles. The molecule has 0 heterocycles. The normalized spacial score (nSPS) is 18.2. The smallest absolute Gasteiger partial charge is 0.336 e. The number of carbonyl (C=O) groups is 1. The van der Waals surface area contributed by atoms with E-state index in [4.69, 9.17) is 4.74 Å². The Kier molecular flexibility index (Phi) is 4.18. The first kappa shape index (κ1) is 18.3. The third kappa shape index (κ3) is 3.05. The first-order valence-electron chi connectivity index (χ1n) is 10.7. The lowest BCUT2D eigenvalue weighted by atomic mass is 9.82. The number of rotatable bonds is 5. The fraction of sp³-hybridized carbons (Fsp3) is 0.179. The maximum absolute atomic E-state index is 11.4. The molecular formula is C28H22O3. The van der Waals surface area contributed by atoms with Crippen LogP contribution in [-0.4, -0.2) is 11.1 Å². The van der Waals surface area contributed by atoms with Crippen molar-refractivity contribution in [3.63, 3.8) is 0 Å². The van der Waals surface area contributed by atoms with E-state index in [0.29, 0.717) is 36.2 Å². The Morgan fingerprint density at radius 3 is 2.35 bits per heavy atom. The second-order valence-electron chi connectivity index (χ2n) is 8.57. The van der Waals surface area contributed by atoms with Gasteiger partial charge in [0.15, 0.2) is 0 Å². The van der Waals surface area contributed by atoms with Gasteiger partial charge in [0.2, 0.25) is 0 Å². The summed E-state index contributed by atoms with van der Waals surface area (Å²) in [7, 11) is 0. The lowest BCUT2D eigenvalue weighted by Gasteiger charge is -2.23. The van der Waals surface area contributed by atoms with E-state index in [0.717, 1.165) is 0 Å². The molecule has 3 nitrogen and oxygen atoms in total. The van der Waals surface area contributed by atoms with Crippen LogP contribution in [0.2, 0.25) is 0 Å². The van der Waals surface area contributed by atoms with Crippen LogP contribution in [0, 0.1) is 0 Å². The van der Waals surface area contributed by atoms with Gasteiger partial charge in [0.05, 0.1) is 18.8 Å². The highest BCUT2D eigenvalue weighted by Gasteiger charge is 2.46. The molecule has 0 aromatic heterocycles. The number of fused-ring (bicyclic) bond motifs is 7. The van der Waals surface area contributed by atoms with Crippen LogP contribution in [0.1, 0.15) is 50.9 Å². The van der Waals surface area contributed by atoms with Crippen molar-refractivity contribution in [2.24, 2.45) is 0 Å². The standard InChI is InChI=1S/C28H22O3/c29-28(30)21-10-4-3-8-19(21)15-31-16-20-9-5-11-22-23-12-17-6-1-2-7-18(17)13-24(23)25-14-26(25)27(20)22/h1-13,25-26H,14-16H2,(H,29,30). The molecule has 0 spiro atoms. The van der Waals surface area contributed by atoms with Gasteiger partial charge in [0.1, 0.15) is 0 Å². The van der Waals surface area contributed by atoms with E-state index in [9.17, 15) is 9.90 Å². The minimum Gasteiger partial charge on any atom is -0.478 e. The third-order valence-electron chi connectivity index (χ3n) is 6.73. The molecule has 31 heavy (non-hydrogen) atoms. The number of hydrogen-bond acceptors (Lipinski definition) is 2. The van der Waals surface area contributed by atoms with Crippen LogP contribution in [0.4, 0.5) is 0 Å². The third-order valence-corrected chi connectivity index (χ3v) is 6.73. The summed E-state index contributed by atoms with van der Waals surface area (Å²) in [6.45, 7) is 0.782. The molecule has 152 valence electrons. The van der Waals surface area contributed by atoms with E-state index in [1.54, 1.807) is 12.1 Å². The van der Waals surface area contributed by atoms with Crippen LogP contribution < -0.4 is 0 Å². The minimum absolute atomic E-state index is 0.293. The molecule has 3 heteroatoms. The summed E-state index contributed by atoms with van der Waals surface area (Å²) in [5, 5.41) is 12.0. The number of ether oxygens (including phenoxy) is 1. The number of carboxylic acid groups (broad SMARTS) is 1. The predicted molar refractivity (Wildman–Crippen MR) is 121 cm³/mol. The van der Waals surface area contributed by atoms with Crippen molar-refractivity contribution in [3.8, 4) is 11.1 Å². The van der Waals surface area contributed by atoms with Gasteiger partial charge in [-0.3, -0.25) is 0 Å². The first-order chi connectivity index (χ1) is 15.2. The van der Waals surface area contributed by atoms with Crippen molar-refractivity contribution in [1.82, 2.24) is 0 Å². The largest absolute Gasteiger partial charge is 0.478 e. The Hall–Kier alpha value is -3.43. The summed E-state index contributed by atoms with van der Waals surface area (Å²) >= 11 is 0. The minimum atomic E-state index is -0.916. The van der Waals surface area contributed by atoms with Crippen LogP contribution >= 0.6 is 0 Å². The van der Waals surface area contributed by atoms with Gasteiger partial charge < -0.3 is 9.84 Å². The maximum Gasteiger partial charge on any atom is 0.336 e. The van der Waals surface area contributed by atoms with Crippen LogP contribution in [-0.2, 0) is 18.0 Å². The molecule has 0 aliphatic heterocycles. The summed E-state index contributed by atoms with van der Waals surface area (Å²) in [6, 6.07) is 26.9. The Labute approximate surface area is 180 Å². The molecule has 0 bridgehead atoms. The van der Waals surface area contributed by atoms with Gasteiger partial charge in [-0.05, 0) is 74.5 Å². The molecule has 1 fully saturated rings. The molecule has 2 unspecified atom stereocenters. The second kappa shape index (κ2) is 7.07. The average Bonchev–Trinajstić information content (AvgIpc) is 3.59. The van der Waals surface area contributed by atoms with Gasteiger partial charge in [-0.1, -0.05) is 66.7 Å². The van der Waals surface area contributed by atoms with Crippen LogP contribution in [0.15, 0.2) is 78.9 Å². The van der Waals surface area contributed by atoms with E-state index >= 15 is 0 Å². The van der Waals surface area contributed by atoms with Gasteiger partial charge in [0.25, 0.3) is 0 Å². The number of benzene rings is 4. The summed E-state index contributed by atoms with van der Waals surface area (Å²) < 4.78 is 6.02. The van der Waals surface area contributed by atoms with Gasteiger partial charge in [-0.15, -0.1) is 0 Å². The summed E-state index contributed by atoms with van der Waals surface area (Å²) in [5.41, 5.74) is 7.81. The molecule has 4 aromatic rings. The summed E-state index contributed by atoms with van der Waals surface area (Å²) in [6.07, 6.45) is 1.19. The molecule has 6 rings (SSSR count). The predicted octanol–water partition coefficient (Wildman–Crippen LogP) is 6.51. The molecule has 2 atom stereocenters. The van der Waals surface area contributed by atoms with E-state index in [1.807, 2.05) is 12.1 Å². The lowest BCUT2D eigenvalue weighted by molar-refractivity contribution is 0.0684. The zero-order chi connectivity index (χ0) is 20.9. The lowest BCUT2D eigenvalue weighted by Crippen LogP contribution is -2.07. The number of aromatic carboxylic acids is 1. The molecule has 1 N–H and O–H groups in total. The molecule has 2 aliphatic carbocycles. The van der Waals surface area contributed by atoms with E-state index in [-0.39, 0.29) is 0 Å². The van der Waals surface area contributed by atoms with Gasteiger partial charge in [-0.25, -0.2) is 4.79 Å². The van der Waals surface area contributed by atoms with Gasteiger partial charge >= 0.3 is 5.97 Å². The second-order valence-corrected chi connectivity index (χ2v) is 8.57. The first-order valence-corrected chi connectivity index (χ1v) is 10.7. The zero-order valence-corrected chi connectivity index (χ0v) is 17.0. The topological polar surface area (TPSA) is 46.5 Å². The van der Waals surface area contributed by atoms with E-state index in [1.165, 1.54) is 45.0 Å². The number of carboxylic acids is 1.